The minimum Gasteiger partial charge on any atom is -1.00 e. The minimum absolute atomic E-state index is 0. The summed E-state index contributed by atoms with van der Waals surface area (Å²) in [6.07, 6.45) is 33.1. The monoisotopic (exact) mass is 652 g/mol. The maximum atomic E-state index is 2.99. The summed E-state index contributed by atoms with van der Waals surface area (Å²) in [5.41, 5.74) is 0. The average molecular weight is 652 g/mol. The Morgan fingerprint density at radius 2 is 1.03 bits per heavy atom. The second kappa shape index (κ2) is 8.34. The molecule has 0 nitrogen and oxygen atoms in total. The standard InChI is InChI=1S/C28H38Si.2ClH.Hf/c1-29(2,27-17-9-7-15-25(27)23-13-5-3-11-21(23)19-27)28-18-10-8-16-26(28)24-14-6-4-12-22(24)20-28;;;/h3-6,11-14,19-26H,7-10,15-18H2,1-2H3;2*1H;/q;;;+2/p-2. The normalized spacial score (nSPS) is 52.4. The molecule has 6 aliphatic carbocycles. The van der Waals surface area contributed by atoms with Crippen molar-refractivity contribution in [3.8, 4) is 0 Å². The van der Waals surface area contributed by atoms with E-state index < -0.39 is 31.0 Å². The van der Waals surface area contributed by atoms with E-state index in [1.165, 1.54) is 20.2 Å². The number of halogens is 2. The Labute approximate surface area is 220 Å². The van der Waals surface area contributed by atoms with Gasteiger partial charge in [-0.3, -0.25) is 0 Å². The molecule has 1 aliphatic heterocycles. The van der Waals surface area contributed by atoms with E-state index >= 15 is 0 Å². The van der Waals surface area contributed by atoms with Crippen LogP contribution in [0.25, 0.3) is 0 Å². The van der Waals surface area contributed by atoms with Gasteiger partial charge in [0.25, 0.3) is 0 Å². The van der Waals surface area contributed by atoms with Crippen molar-refractivity contribution in [2.45, 2.75) is 81.9 Å². The van der Waals surface area contributed by atoms with E-state index in [4.69, 9.17) is 0 Å². The second-order valence-electron chi connectivity index (χ2n) is 12.4. The summed E-state index contributed by atoms with van der Waals surface area (Å²) in [5.74, 6) is 5.79. The van der Waals surface area contributed by atoms with Gasteiger partial charge in [0.2, 0.25) is 0 Å². The van der Waals surface area contributed by atoms with Crippen LogP contribution in [0.2, 0.25) is 30.5 Å². The number of hydrogen-bond acceptors (Lipinski definition) is 0. The van der Waals surface area contributed by atoms with Gasteiger partial charge in [-0.15, -0.1) is 0 Å². The van der Waals surface area contributed by atoms with E-state index in [-0.39, 0.29) is 24.8 Å². The smallest absolute Gasteiger partial charge is 1.00 e. The molecule has 0 radical (unpaired) electrons. The van der Waals surface area contributed by atoms with Gasteiger partial charge in [0, 0.05) is 0 Å². The quantitative estimate of drug-likeness (QED) is 0.352. The van der Waals surface area contributed by atoms with Crippen molar-refractivity contribution in [3.63, 3.8) is 0 Å². The molecule has 0 N–H and O–H groups in total. The van der Waals surface area contributed by atoms with Crippen molar-refractivity contribution in [2.24, 2.45) is 35.5 Å². The van der Waals surface area contributed by atoms with Crippen LogP contribution in [0.5, 0.6) is 0 Å². The van der Waals surface area contributed by atoms with E-state index in [0.29, 0.717) is 0 Å². The molecule has 1 saturated heterocycles. The van der Waals surface area contributed by atoms with Gasteiger partial charge in [-0.1, -0.05) is 0 Å². The van der Waals surface area contributed by atoms with Crippen LogP contribution in [0, 0.1) is 35.5 Å². The number of fused-ring (bicyclic) bond motifs is 6. The summed E-state index contributed by atoms with van der Waals surface area (Å²) in [6.45, 7) is 5.98. The Morgan fingerprint density at radius 3 is 1.47 bits per heavy atom. The van der Waals surface area contributed by atoms with Gasteiger partial charge in [0.1, 0.15) is 0 Å². The van der Waals surface area contributed by atoms with E-state index in [1.807, 2.05) is 0 Å². The van der Waals surface area contributed by atoms with Crippen LogP contribution >= 0.6 is 0 Å². The predicted octanol–water partition coefficient (Wildman–Crippen LogP) is 1.98. The third-order valence-corrected chi connectivity index (χ3v) is 29.6. The summed E-state index contributed by atoms with van der Waals surface area (Å²) < 4.78 is 2.35. The van der Waals surface area contributed by atoms with Crippen LogP contribution in [-0.4, -0.2) is 8.07 Å². The van der Waals surface area contributed by atoms with Crippen LogP contribution in [-0.2, 0) is 22.9 Å². The minimum atomic E-state index is -1.48. The summed E-state index contributed by atoms with van der Waals surface area (Å²) in [4.78, 5) is 0. The van der Waals surface area contributed by atoms with E-state index in [1.54, 1.807) is 38.5 Å². The first-order valence-electron chi connectivity index (χ1n) is 13.1. The SMILES string of the molecule is C[Si]1(C)C23CCCCC2C2C=CC=CC2[CH]3[Hf+2][CH]2C3C=CC=CC3C3CCCCC321.[Cl-].[Cl-]. The molecular formula is C28H38Cl2HfSi. The molecule has 7 rings (SSSR count). The zero-order valence-electron chi connectivity index (χ0n) is 19.7. The number of hydrogen-bond donors (Lipinski definition) is 0. The zero-order chi connectivity index (χ0) is 20.1. The summed E-state index contributed by atoms with van der Waals surface area (Å²) in [6, 6.07) is 0. The Bertz CT molecular complexity index is 809. The van der Waals surface area contributed by atoms with E-state index in [9.17, 15) is 0 Å². The van der Waals surface area contributed by atoms with E-state index in [2.05, 4.69) is 61.7 Å². The van der Waals surface area contributed by atoms with Crippen molar-refractivity contribution in [3.05, 3.63) is 48.6 Å². The summed E-state index contributed by atoms with van der Waals surface area (Å²) >= 11 is -0.790. The molecule has 0 aromatic heterocycles. The van der Waals surface area contributed by atoms with Crippen LogP contribution < -0.4 is 24.8 Å². The van der Waals surface area contributed by atoms with Gasteiger partial charge < -0.3 is 24.8 Å². The number of allylic oxidation sites excluding steroid dienone is 8. The van der Waals surface area contributed by atoms with Crippen molar-refractivity contribution in [1.29, 1.82) is 0 Å². The molecule has 0 aromatic carbocycles. The van der Waals surface area contributed by atoms with Crippen LogP contribution in [0.3, 0.4) is 0 Å². The molecule has 10 unspecified atom stereocenters. The van der Waals surface area contributed by atoms with Crippen LogP contribution in [0.15, 0.2) is 48.6 Å². The predicted molar refractivity (Wildman–Crippen MR) is 125 cm³/mol. The Morgan fingerprint density at radius 1 is 0.625 bits per heavy atom. The molecule has 32 heavy (non-hydrogen) atoms. The first kappa shape index (κ1) is 24.3. The van der Waals surface area contributed by atoms with Crippen molar-refractivity contribution < 1.29 is 47.7 Å². The van der Waals surface area contributed by atoms with Crippen molar-refractivity contribution in [1.82, 2.24) is 0 Å². The molecule has 0 aromatic rings. The average Bonchev–Trinajstić information content (AvgIpc) is 3.25. The molecule has 0 bridgehead atoms. The summed E-state index contributed by atoms with van der Waals surface area (Å²) in [7, 11) is -1.48. The van der Waals surface area contributed by atoms with Gasteiger partial charge in [-0.2, -0.15) is 0 Å². The van der Waals surface area contributed by atoms with Gasteiger partial charge in [0.05, 0.1) is 0 Å². The summed E-state index contributed by atoms with van der Waals surface area (Å²) in [5, 5.41) is 1.60. The largest absolute Gasteiger partial charge is 1.00 e. The van der Waals surface area contributed by atoms with Crippen molar-refractivity contribution >= 4 is 8.07 Å². The van der Waals surface area contributed by atoms with Gasteiger partial charge in [0.15, 0.2) is 0 Å². The molecule has 0 amide bonds. The zero-order valence-corrected chi connectivity index (χ0v) is 25.8. The molecule has 1 heterocycles. The molecular weight excluding hydrogens is 614 g/mol. The van der Waals surface area contributed by atoms with Crippen LogP contribution in [0.1, 0.15) is 51.4 Å². The fourth-order valence-electron chi connectivity index (χ4n) is 11.2. The Kier molecular flexibility index (Phi) is 6.34. The van der Waals surface area contributed by atoms with Gasteiger partial charge in [-0.05, 0) is 0 Å². The Balaban J connectivity index is 0.00000108. The molecule has 2 spiro atoms. The topological polar surface area (TPSA) is 0 Å². The fourth-order valence-corrected chi connectivity index (χ4v) is 37.4. The van der Waals surface area contributed by atoms with Gasteiger partial charge in [-0.25, -0.2) is 0 Å². The third kappa shape index (κ3) is 2.65. The molecule has 5 fully saturated rings. The van der Waals surface area contributed by atoms with Gasteiger partial charge >= 0.3 is 197 Å². The first-order chi connectivity index (χ1) is 14.6. The third-order valence-electron chi connectivity index (χ3n) is 12.0. The maximum Gasteiger partial charge on any atom is -1.00 e. The second-order valence-corrected chi connectivity index (χ2v) is 23.2. The Hall–Kier alpha value is 0.627. The molecule has 4 saturated carbocycles. The maximum absolute atomic E-state index is 2.99. The molecule has 172 valence electrons. The fraction of sp³-hybridized carbons (Fsp3) is 0.714. The molecule has 4 heteroatoms. The van der Waals surface area contributed by atoms with Crippen molar-refractivity contribution in [2.75, 3.05) is 0 Å². The molecule has 10 atom stereocenters. The van der Waals surface area contributed by atoms with Crippen LogP contribution in [0.4, 0.5) is 0 Å². The first-order valence-corrected chi connectivity index (χ1v) is 20.2. The van der Waals surface area contributed by atoms with E-state index in [0.717, 1.165) is 45.6 Å². The number of rotatable bonds is 0. The molecule has 7 aliphatic rings.